The van der Waals surface area contributed by atoms with E-state index in [9.17, 15) is 0 Å². The summed E-state index contributed by atoms with van der Waals surface area (Å²) in [5, 5.41) is 0. The van der Waals surface area contributed by atoms with Crippen LogP contribution >= 0.6 is 17.0 Å². The molecule has 0 saturated heterocycles. The summed E-state index contributed by atoms with van der Waals surface area (Å²) in [6, 6.07) is 0. The summed E-state index contributed by atoms with van der Waals surface area (Å²) in [6.07, 6.45) is 21.3. The molecule has 2 aliphatic rings. The Kier molecular flexibility index (Phi) is 8.07. The van der Waals surface area contributed by atoms with Gasteiger partial charge in [-0.3, -0.25) is 0 Å². The second kappa shape index (κ2) is 9.12. The van der Waals surface area contributed by atoms with Crippen LogP contribution in [0.15, 0.2) is 47.6 Å². The van der Waals surface area contributed by atoms with Gasteiger partial charge in [-0.05, 0) is 0 Å². The molecule has 2 rings (SSSR count). The van der Waals surface area contributed by atoms with Gasteiger partial charge >= 0.3 is 193 Å². The Labute approximate surface area is 192 Å². The van der Waals surface area contributed by atoms with Gasteiger partial charge in [0, 0.05) is 0 Å². The Morgan fingerprint density at radius 3 is 1.38 bits per heavy atom. The SMILES string of the molecule is CCCC(C)(CC)C1=C[C](C)([Zr]([Cl])([Cl])[C]2(C)C=CC(C(C)(CC)CCC)=C2)C=C1. The van der Waals surface area contributed by atoms with Gasteiger partial charge in [-0.2, -0.15) is 0 Å². The topological polar surface area (TPSA) is 0 Å². The predicted octanol–water partition coefficient (Wildman–Crippen LogP) is 10.2. The van der Waals surface area contributed by atoms with Crippen LogP contribution in [-0.2, 0) is 17.9 Å². The molecule has 2 aliphatic carbocycles. The summed E-state index contributed by atoms with van der Waals surface area (Å²) < 4.78 is -0.397. The van der Waals surface area contributed by atoms with Crippen molar-refractivity contribution in [2.75, 3.05) is 0 Å². The van der Waals surface area contributed by atoms with Gasteiger partial charge in [0.05, 0.1) is 0 Å². The molecule has 0 aromatic carbocycles. The third-order valence-corrected chi connectivity index (χ3v) is 25.9. The second-order valence-corrected chi connectivity index (χ2v) is 26.3. The molecule has 0 fully saturated rings. The van der Waals surface area contributed by atoms with Crippen LogP contribution in [0.4, 0.5) is 0 Å². The van der Waals surface area contributed by atoms with E-state index < -0.39 is 17.9 Å². The second-order valence-electron chi connectivity index (χ2n) is 10.3. The van der Waals surface area contributed by atoms with E-state index in [-0.39, 0.29) is 17.1 Å². The normalized spacial score (nSPS) is 30.8. The molecule has 0 aliphatic heterocycles. The molecule has 0 bridgehead atoms. The third kappa shape index (κ3) is 4.50. The molecule has 0 aromatic heterocycles. The van der Waals surface area contributed by atoms with Gasteiger partial charge in [-0.25, -0.2) is 0 Å². The van der Waals surface area contributed by atoms with E-state index in [1.54, 1.807) is 0 Å². The first-order valence-corrected chi connectivity index (χ1v) is 20.4. The van der Waals surface area contributed by atoms with E-state index in [0.29, 0.717) is 0 Å². The Balaban J connectivity index is 2.43. The Bertz CT molecular complexity index is 671. The summed E-state index contributed by atoms with van der Waals surface area (Å²) >= 11 is -3.71. The van der Waals surface area contributed by atoms with Crippen molar-refractivity contribution in [1.29, 1.82) is 0 Å². The van der Waals surface area contributed by atoms with E-state index in [0.717, 1.165) is 12.8 Å². The van der Waals surface area contributed by atoms with Crippen molar-refractivity contribution in [3.05, 3.63) is 47.6 Å². The first-order chi connectivity index (χ1) is 13.4. The van der Waals surface area contributed by atoms with Crippen LogP contribution in [0.3, 0.4) is 0 Å². The van der Waals surface area contributed by atoms with Crippen molar-refractivity contribution in [3.63, 3.8) is 0 Å². The van der Waals surface area contributed by atoms with E-state index in [1.807, 2.05) is 0 Å². The number of allylic oxidation sites excluding steroid dienone is 8. The van der Waals surface area contributed by atoms with Crippen molar-refractivity contribution in [2.45, 2.75) is 100 Å². The number of hydrogen-bond acceptors (Lipinski definition) is 0. The maximum atomic E-state index is 7.49. The fraction of sp³-hybridized carbons (Fsp3) is 0.692. The number of halogens is 2. The Hall–Kier alpha value is 0.423. The minimum absolute atomic E-state index is 0.199. The molecular weight excluding hydrogens is 474 g/mol. The number of hydrogen-bond donors (Lipinski definition) is 0. The molecule has 0 heterocycles. The Morgan fingerprint density at radius 1 is 0.759 bits per heavy atom. The fourth-order valence-electron chi connectivity index (χ4n) is 5.24. The molecule has 29 heavy (non-hydrogen) atoms. The third-order valence-electron chi connectivity index (χ3n) is 8.04. The Morgan fingerprint density at radius 2 is 1.10 bits per heavy atom. The fourth-order valence-corrected chi connectivity index (χ4v) is 14.0. The van der Waals surface area contributed by atoms with Crippen molar-refractivity contribution >= 4 is 17.0 Å². The van der Waals surface area contributed by atoms with Crippen LogP contribution in [-0.4, -0.2) is 0 Å². The van der Waals surface area contributed by atoms with Crippen molar-refractivity contribution in [3.8, 4) is 0 Å². The number of rotatable bonds is 10. The molecule has 4 atom stereocenters. The van der Waals surface area contributed by atoms with Crippen molar-refractivity contribution in [1.82, 2.24) is 0 Å². The minimum atomic E-state index is -3.71. The standard InChI is InChI=1S/2C13H21.2ClH.Zr/c2*1-5-9-13(4,6-2)12-8-7-11(3)10-12;;;/h2*7-8,10H,5-6,9H2,1-4H3;2*1H;/q;;;;+2/p-2. The molecule has 0 spiro atoms. The monoisotopic (exact) mass is 514 g/mol. The molecule has 0 aromatic rings. The zero-order chi connectivity index (χ0) is 22.1. The first-order valence-electron chi connectivity index (χ1n) is 11.6. The van der Waals surface area contributed by atoms with Crippen molar-refractivity contribution < 1.29 is 17.9 Å². The molecule has 3 heteroatoms. The molecule has 0 N–H and O–H groups in total. The average molecular weight is 517 g/mol. The van der Waals surface area contributed by atoms with Gasteiger partial charge < -0.3 is 0 Å². The molecule has 164 valence electrons. The average Bonchev–Trinajstić information content (AvgIpc) is 3.28. The molecule has 0 saturated carbocycles. The molecule has 4 unspecified atom stereocenters. The maximum absolute atomic E-state index is 7.49. The first kappa shape index (κ1) is 25.7. The van der Waals surface area contributed by atoms with Crippen molar-refractivity contribution in [2.24, 2.45) is 10.8 Å². The quantitative estimate of drug-likeness (QED) is 0.271. The van der Waals surface area contributed by atoms with Gasteiger partial charge in [0.25, 0.3) is 0 Å². The van der Waals surface area contributed by atoms with Crippen LogP contribution in [0, 0.1) is 10.8 Å². The van der Waals surface area contributed by atoms with E-state index in [2.05, 4.69) is 91.8 Å². The van der Waals surface area contributed by atoms with Crippen LogP contribution in [0.1, 0.15) is 93.9 Å². The molecule has 0 radical (unpaired) electrons. The summed E-state index contributed by atoms with van der Waals surface area (Å²) in [4.78, 5) is 0. The van der Waals surface area contributed by atoms with Gasteiger partial charge in [0.2, 0.25) is 0 Å². The van der Waals surface area contributed by atoms with Crippen LogP contribution in [0.5, 0.6) is 0 Å². The van der Waals surface area contributed by atoms with Gasteiger partial charge in [0.15, 0.2) is 0 Å². The van der Waals surface area contributed by atoms with Gasteiger partial charge in [-0.15, -0.1) is 0 Å². The van der Waals surface area contributed by atoms with Crippen LogP contribution in [0.25, 0.3) is 0 Å². The molecule has 0 nitrogen and oxygen atoms in total. The van der Waals surface area contributed by atoms with E-state index in [1.165, 1.54) is 36.8 Å². The molecular formula is C26H42Cl2Zr. The van der Waals surface area contributed by atoms with E-state index >= 15 is 0 Å². The summed E-state index contributed by atoms with van der Waals surface area (Å²) in [6.45, 7) is 18.5. The van der Waals surface area contributed by atoms with Crippen LogP contribution < -0.4 is 0 Å². The molecule has 0 amide bonds. The van der Waals surface area contributed by atoms with E-state index in [4.69, 9.17) is 17.0 Å². The van der Waals surface area contributed by atoms with Gasteiger partial charge in [-0.1, -0.05) is 0 Å². The van der Waals surface area contributed by atoms with Crippen LogP contribution in [0.2, 0.25) is 6.25 Å². The summed E-state index contributed by atoms with van der Waals surface area (Å²) in [7, 11) is 15.0. The summed E-state index contributed by atoms with van der Waals surface area (Å²) in [5.74, 6) is 0. The zero-order valence-corrected chi connectivity index (χ0v) is 23.9. The predicted molar refractivity (Wildman–Crippen MR) is 129 cm³/mol. The zero-order valence-electron chi connectivity index (χ0n) is 20.0. The summed E-state index contributed by atoms with van der Waals surface area (Å²) in [5.41, 5.74) is 3.30. The van der Waals surface area contributed by atoms with Gasteiger partial charge in [0.1, 0.15) is 0 Å².